The number of hydrogen-bond acceptors (Lipinski definition) is 6. The van der Waals surface area contributed by atoms with Crippen LogP contribution in [-0.2, 0) is 0 Å². The Hall–Kier alpha value is -3.15. The molecule has 2 aliphatic heterocycles. The average molecular weight is 368 g/mol. The van der Waals surface area contributed by atoms with Gasteiger partial charge < -0.3 is 23.7 Å². The number of ether oxygens (including phenoxy) is 5. The second-order valence-corrected chi connectivity index (χ2v) is 6.16. The van der Waals surface area contributed by atoms with Crippen LogP contribution in [-0.4, -0.2) is 39.3 Å². The first-order chi connectivity index (χ1) is 13.2. The van der Waals surface area contributed by atoms with Crippen molar-refractivity contribution in [2.45, 2.75) is 6.42 Å². The summed E-state index contributed by atoms with van der Waals surface area (Å²) in [5.41, 5.74) is 1.33. The number of methoxy groups -OCH3 is 1. The molecule has 0 N–H and O–H groups in total. The highest BCUT2D eigenvalue weighted by Crippen LogP contribution is 2.40. The lowest BCUT2D eigenvalue weighted by atomic mass is 10.1. The summed E-state index contributed by atoms with van der Waals surface area (Å²) in [4.78, 5) is 12.6. The summed E-state index contributed by atoms with van der Waals surface area (Å²) in [5.74, 6) is 2.94. The van der Waals surface area contributed by atoms with Gasteiger partial charge in [0.15, 0.2) is 28.8 Å². The molecule has 6 heteroatoms. The van der Waals surface area contributed by atoms with Crippen molar-refractivity contribution in [1.82, 2.24) is 0 Å². The van der Waals surface area contributed by atoms with Gasteiger partial charge in [0.1, 0.15) is 13.2 Å². The molecule has 2 heterocycles. The Bertz CT molecular complexity index is 869. The third kappa shape index (κ3) is 3.69. The first kappa shape index (κ1) is 17.3. The maximum Gasteiger partial charge on any atom is 0.203 e. The van der Waals surface area contributed by atoms with Crippen LogP contribution in [0.25, 0.3) is 6.08 Å². The van der Waals surface area contributed by atoms with E-state index in [0.29, 0.717) is 60.7 Å². The molecule has 0 aliphatic carbocycles. The van der Waals surface area contributed by atoms with E-state index in [1.54, 1.807) is 31.4 Å². The average Bonchev–Trinajstić information content (AvgIpc) is 2.96. The standard InChI is InChI=1S/C21H20O6/c1-23-19-11-14(12-20-21(19)27-10-9-26-20)3-5-16(22)15-4-6-17-18(13-15)25-8-2-7-24-17/h3-6,11-13H,2,7-10H2,1H3. The summed E-state index contributed by atoms with van der Waals surface area (Å²) >= 11 is 0. The van der Waals surface area contributed by atoms with Crippen molar-refractivity contribution in [1.29, 1.82) is 0 Å². The number of benzene rings is 2. The zero-order valence-electron chi connectivity index (χ0n) is 15.0. The van der Waals surface area contributed by atoms with Crippen molar-refractivity contribution in [3.63, 3.8) is 0 Å². The maximum absolute atomic E-state index is 12.6. The van der Waals surface area contributed by atoms with Gasteiger partial charge in [-0.2, -0.15) is 0 Å². The largest absolute Gasteiger partial charge is 0.493 e. The highest BCUT2D eigenvalue weighted by molar-refractivity contribution is 6.07. The van der Waals surface area contributed by atoms with Crippen molar-refractivity contribution in [2.75, 3.05) is 33.5 Å². The fourth-order valence-electron chi connectivity index (χ4n) is 2.97. The van der Waals surface area contributed by atoms with Gasteiger partial charge >= 0.3 is 0 Å². The normalized spacial score (nSPS) is 15.3. The second kappa shape index (κ2) is 7.61. The van der Waals surface area contributed by atoms with E-state index >= 15 is 0 Å². The summed E-state index contributed by atoms with van der Waals surface area (Å²) in [6.07, 6.45) is 4.07. The van der Waals surface area contributed by atoms with Crippen molar-refractivity contribution >= 4 is 11.9 Å². The monoisotopic (exact) mass is 368 g/mol. The number of hydrogen-bond donors (Lipinski definition) is 0. The van der Waals surface area contributed by atoms with Crippen LogP contribution in [0.1, 0.15) is 22.3 Å². The lowest BCUT2D eigenvalue weighted by Gasteiger charge is -2.20. The van der Waals surface area contributed by atoms with E-state index in [-0.39, 0.29) is 5.78 Å². The topological polar surface area (TPSA) is 63.2 Å². The molecule has 2 aliphatic rings. The second-order valence-electron chi connectivity index (χ2n) is 6.16. The van der Waals surface area contributed by atoms with Gasteiger partial charge in [-0.15, -0.1) is 0 Å². The first-order valence-electron chi connectivity index (χ1n) is 8.84. The minimum absolute atomic E-state index is 0.125. The van der Waals surface area contributed by atoms with Gasteiger partial charge in [0.2, 0.25) is 5.75 Å². The molecule has 0 unspecified atom stereocenters. The Labute approximate surface area is 157 Å². The maximum atomic E-state index is 12.6. The molecule has 0 bridgehead atoms. The Morgan fingerprint density at radius 3 is 2.56 bits per heavy atom. The highest BCUT2D eigenvalue weighted by Gasteiger charge is 2.18. The zero-order chi connectivity index (χ0) is 18.6. The number of rotatable bonds is 4. The van der Waals surface area contributed by atoms with Crippen LogP contribution in [0.2, 0.25) is 0 Å². The van der Waals surface area contributed by atoms with E-state index in [2.05, 4.69) is 0 Å². The summed E-state index contributed by atoms with van der Waals surface area (Å²) in [5, 5.41) is 0. The minimum Gasteiger partial charge on any atom is -0.493 e. The van der Waals surface area contributed by atoms with Crippen LogP contribution in [0, 0.1) is 0 Å². The molecule has 0 spiro atoms. The Morgan fingerprint density at radius 1 is 0.926 bits per heavy atom. The number of fused-ring (bicyclic) bond motifs is 2. The van der Waals surface area contributed by atoms with E-state index in [1.165, 1.54) is 6.08 Å². The molecule has 0 fully saturated rings. The Balaban J connectivity index is 1.56. The predicted octanol–water partition coefficient (Wildman–Crippen LogP) is 3.52. The first-order valence-corrected chi connectivity index (χ1v) is 8.84. The van der Waals surface area contributed by atoms with Crippen molar-refractivity contribution in [2.24, 2.45) is 0 Å². The molecule has 4 rings (SSSR count). The molecule has 0 radical (unpaired) electrons. The lowest BCUT2D eigenvalue weighted by Crippen LogP contribution is -2.16. The Morgan fingerprint density at radius 2 is 1.70 bits per heavy atom. The molecule has 2 aromatic carbocycles. The summed E-state index contributed by atoms with van der Waals surface area (Å²) < 4.78 is 27.8. The fourth-order valence-corrected chi connectivity index (χ4v) is 2.97. The van der Waals surface area contributed by atoms with E-state index in [4.69, 9.17) is 23.7 Å². The van der Waals surface area contributed by atoms with Gasteiger partial charge in [-0.05, 0) is 42.0 Å². The fraction of sp³-hybridized carbons (Fsp3) is 0.286. The van der Waals surface area contributed by atoms with Crippen LogP contribution in [0.3, 0.4) is 0 Å². The lowest BCUT2D eigenvalue weighted by molar-refractivity contribution is 0.104. The van der Waals surface area contributed by atoms with Gasteiger partial charge in [-0.1, -0.05) is 6.08 Å². The third-order valence-corrected chi connectivity index (χ3v) is 4.31. The van der Waals surface area contributed by atoms with E-state index < -0.39 is 0 Å². The van der Waals surface area contributed by atoms with Crippen molar-refractivity contribution in [3.8, 4) is 28.7 Å². The molecule has 140 valence electrons. The van der Waals surface area contributed by atoms with Gasteiger partial charge in [0.05, 0.1) is 20.3 Å². The highest BCUT2D eigenvalue weighted by atomic mass is 16.6. The van der Waals surface area contributed by atoms with Crippen LogP contribution in [0.4, 0.5) is 0 Å². The number of carbonyl (C=O) groups excluding carboxylic acids is 1. The number of allylic oxidation sites excluding steroid dienone is 1. The molecule has 27 heavy (non-hydrogen) atoms. The van der Waals surface area contributed by atoms with E-state index in [0.717, 1.165) is 12.0 Å². The molecule has 6 nitrogen and oxygen atoms in total. The van der Waals surface area contributed by atoms with E-state index in [1.807, 2.05) is 12.1 Å². The SMILES string of the molecule is COc1cc(C=CC(=O)c2ccc3c(c2)OCCCO3)cc2c1OCCO2. The molecule has 0 saturated heterocycles. The number of ketones is 1. The Kier molecular flexibility index (Phi) is 4.87. The van der Waals surface area contributed by atoms with Crippen LogP contribution >= 0.6 is 0 Å². The van der Waals surface area contributed by atoms with Gasteiger partial charge in [-0.25, -0.2) is 0 Å². The molecule has 0 atom stereocenters. The minimum atomic E-state index is -0.125. The molecular formula is C21H20O6. The summed E-state index contributed by atoms with van der Waals surface area (Å²) in [7, 11) is 1.57. The van der Waals surface area contributed by atoms with E-state index in [9.17, 15) is 4.79 Å². The number of carbonyl (C=O) groups is 1. The summed E-state index contributed by atoms with van der Waals surface area (Å²) in [6, 6.07) is 8.87. The predicted molar refractivity (Wildman–Crippen MR) is 99.4 cm³/mol. The van der Waals surface area contributed by atoms with Gasteiger partial charge in [0, 0.05) is 12.0 Å². The molecular weight excluding hydrogens is 348 g/mol. The molecule has 0 amide bonds. The van der Waals surface area contributed by atoms with Crippen molar-refractivity contribution < 1.29 is 28.5 Å². The molecule has 0 saturated carbocycles. The van der Waals surface area contributed by atoms with Crippen LogP contribution in [0.5, 0.6) is 28.7 Å². The van der Waals surface area contributed by atoms with Crippen molar-refractivity contribution in [3.05, 3.63) is 47.5 Å². The quantitative estimate of drug-likeness (QED) is 0.608. The van der Waals surface area contributed by atoms with Crippen LogP contribution in [0.15, 0.2) is 36.4 Å². The van der Waals surface area contributed by atoms with Gasteiger partial charge in [0.25, 0.3) is 0 Å². The smallest absolute Gasteiger partial charge is 0.203 e. The van der Waals surface area contributed by atoms with Gasteiger partial charge in [-0.3, -0.25) is 4.79 Å². The zero-order valence-corrected chi connectivity index (χ0v) is 15.0. The molecule has 0 aromatic heterocycles. The molecule has 2 aromatic rings. The van der Waals surface area contributed by atoms with Crippen LogP contribution < -0.4 is 23.7 Å². The third-order valence-electron chi connectivity index (χ3n) is 4.31. The summed E-state index contributed by atoms with van der Waals surface area (Å²) in [6.45, 7) is 2.17.